The maximum absolute atomic E-state index is 12.6. The minimum atomic E-state index is -0.359. The van der Waals surface area contributed by atoms with Gasteiger partial charge in [0.15, 0.2) is 0 Å². The average Bonchev–Trinajstić information content (AvgIpc) is 3.21. The quantitative estimate of drug-likeness (QED) is 0.850. The van der Waals surface area contributed by atoms with Gasteiger partial charge in [0.05, 0.1) is 18.3 Å². The van der Waals surface area contributed by atoms with E-state index < -0.39 is 0 Å². The lowest BCUT2D eigenvalue weighted by atomic mass is 10.1. The fourth-order valence-electron chi connectivity index (χ4n) is 2.34. The number of carbonyl (C=O) groups is 2. The Labute approximate surface area is 122 Å². The Kier molecular flexibility index (Phi) is 3.60. The van der Waals surface area contributed by atoms with Crippen LogP contribution in [0.5, 0.6) is 0 Å². The lowest BCUT2D eigenvalue weighted by Crippen LogP contribution is -2.38. The molecular weight excluding hydrogens is 270 g/mol. The van der Waals surface area contributed by atoms with E-state index in [9.17, 15) is 9.59 Å². The number of amides is 1. The third-order valence-corrected chi connectivity index (χ3v) is 3.54. The van der Waals surface area contributed by atoms with E-state index in [0.29, 0.717) is 12.2 Å². The number of nitrogens with one attached hydrogen (secondary N) is 1. The Hall–Kier alpha value is -2.37. The van der Waals surface area contributed by atoms with E-state index in [0.717, 1.165) is 23.7 Å². The molecule has 1 aliphatic carbocycles. The summed E-state index contributed by atoms with van der Waals surface area (Å²) in [6, 6.07) is 5.53. The number of ether oxygens (including phenoxy) is 1. The van der Waals surface area contributed by atoms with E-state index in [1.165, 1.54) is 0 Å². The number of rotatable bonds is 5. The van der Waals surface area contributed by atoms with Gasteiger partial charge in [-0.3, -0.25) is 14.7 Å². The molecular formula is C15H17N3O3. The molecule has 0 atom stereocenters. The van der Waals surface area contributed by atoms with Gasteiger partial charge in [0.25, 0.3) is 5.91 Å². The fourth-order valence-corrected chi connectivity index (χ4v) is 2.34. The van der Waals surface area contributed by atoms with Gasteiger partial charge in [-0.1, -0.05) is 0 Å². The number of benzene rings is 1. The number of aromatic amines is 1. The molecule has 0 radical (unpaired) electrons. The average molecular weight is 287 g/mol. The number of esters is 1. The molecule has 1 aliphatic rings. The zero-order valence-corrected chi connectivity index (χ0v) is 11.8. The lowest BCUT2D eigenvalue weighted by Gasteiger charge is -2.21. The summed E-state index contributed by atoms with van der Waals surface area (Å²) in [5.74, 6) is -0.490. The van der Waals surface area contributed by atoms with Crippen LogP contribution in [-0.4, -0.2) is 46.2 Å². The van der Waals surface area contributed by atoms with Crippen LogP contribution in [0.4, 0.5) is 0 Å². The monoisotopic (exact) mass is 287 g/mol. The summed E-state index contributed by atoms with van der Waals surface area (Å²) in [6.07, 6.45) is 3.57. The first-order valence-corrected chi connectivity index (χ1v) is 7.08. The molecule has 1 amide bonds. The van der Waals surface area contributed by atoms with Crippen LogP contribution < -0.4 is 0 Å². The van der Waals surface area contributed by atoms with Gasteiger partial charge in [-0.05, 0) is 38.0 Å². The highest BCUT2D eigenvalue weighted by Crippen LogP contribution is 2.28. The molecule has 110 valence electrons. The molecule has 0 saturated heterocycles. The highest BCUT2D eigenvalue weighted by molar-refractivity contribution is 5.99. The van der Waals surface area contributed by atoms with Gasteiger partial charge < -0.3 is 9.64 Å². The van der Waals surface area contributed by atoms with Crippen molar-refractivity contribution in [1.82, 2.24) is 15.1 Å². The first-order valence-electron chi connectivity index (χ1n) is 7.08. The van der Waals surface area contributed by atoms with Crippen molar-refractivity contribution in [2.45, 2.75) is 25.8 Å². The SMILES string of the molecule is CCOC(=O)CN(C(=O)c1ccc2[nH]ncc2c1)C1CC1. The summed E-state index contributed by atoms with van der Waals surface area (Å²) in [5, 5.41) is 7.67. The van der Waals surface area contributed by atoms with Gasteiger partial charge in [0.1, 0.15) is 6.54 Å². The van der Waals surface area contributed by atoms with Crippen molar-refractivity contribution in [3.8, 4) is 0 Å². The number of carbonyl (C=O) groups excluding carboxylic acids is 2. The number of hydrogen-bond acceptors (Lipinski definition) is 4. The Bertz CT molecular complexity index is 676. The van der Waals surface area contributed by atoms with E-state index >= 15 is 0 Å². The molecule has 0 spiro atoms. The summed E-state index contributed by atoms with van der Waals surface area (Å²) in [4.78, 5) is 25.9. The fraction of sp³-hybridized carbons (Fsp3) is 0.400. The van der Waals surface area contributed by atoms with E-state index in [2.05, 4.69) is 10.2 Å². The molecule has 0 aliphatic heterocycles. The van der Waals surface area contributed by atoms with Crippen LogP contribution >= 0.6 is 0 Å². The Morgan fingerprint density at radius 1 is 1.43 bits per heavy atom. The van der Waals surface area contributed by atoms with Crippen molar-refractivity contribution < 1.29 is 14.3 Å². The van der Waals surface area contributed by atoms with Crippen LogP contribution in [-0.2, 0) is 9.53 Å². The number of nitrogens with zero attached hydrogens (tertiary/aromatic N) is 2. The molecule has 1 fully saturated rings. The van der Waals surface area contributed by atoms with Gasteiger partial charge in [0, 0.05) is 17.0 Å². The molecule has 6 nitrogen and oxygen atoms in total. The second-order valence-corrected chi connectivity index (χ2v) is 5.14. The molecule has 6 heteroatoms. The van der Waals surface area contributed by atoms with E-state index in [1.807, 2.05) is 6.07 Å². The minimum Gasteiger partial charge on any atom is -0.465 e. The zero-order chi connectivity index (χ0) is 14.8. The predicted molar refractivity (Wildman–Crippen MR) is 76.8 cm³/mol. The molecule has 21 heavy (non-hydrogen) atoms. The third-order valence-electron chi connectivity index (χ3n) is 3.54. The van der Waals surface area contributed by atoms with Crippen LogP contribution in [0.1, 0.15) is 30.1 Å². The molecule has 1 heterocycles. The highest BCUT2D eigenvalue weighted by Gasteiger charge is 2.34. The molecule has 0 unspecified atom stereocenters. The van der Waals surface area contributed by atoms with Gasteiger partial charge in [-0.2, -0.15) is 5.10 Å². The van der Waals surface area contributed by atoms with Crippen LogP contribution in [0.2, 0.25) is 0 Å². The van der Waals surface area contributed by atoms with Gasteiger partial charge in [-0.15, -0.1) is 0 Å². The van der Waals surface area contributed by atoms with Gasteiger partial charge in [-0.25, -0.2) is 0 Å². The molecule has 1 aromatic carbocycles. The largest absolute Gasteiger partial charge is 0.465 e. The number of H-pyrrole nitrogens is 1. The zero-order valence-electron chi connectivity index (χ0n) is 11.8. The number of fused-ring (bicyclic) bond motifs is 1. The summed E-state index contributed by atoms with van der Waals surface area (Å²) in [5.41, 5.74) is 1.45. The first-order chi connectivity index (χ1) is 10.2. The summed E-state index contributed by atoms with van der Waals surface area (Å²) in [7, 11) is 0. The van der Waals surface area contributed by atoms with E-state index in [-0.39, 0.29) is 24.5 Å². The predicted octanol–water partition coefficient (Wildman–Crippen LogP) is 1.73. The Morgan fingerprint density at radius 3 is 2.95 bits per heavy atom. The third kappa shape index (κ3) is 2.89. The van der Waals surface area contributed by atoms with E-state index in [1.54, 1.807) is 30.2 Å². The van der Waals surface area contributed by atoms with Crippen LogP contribution in [0.3, 0.4) is 0 Å². The molecule has 1 aromatic heterocycles. The normalized spacial score (nSPS) is 14.1. The van der Waals surface area contributed by atoms with E-state index in [4.69, 9.17) is 4.74 Å². The smallest absolute Gasteiger partial charge is 0.325 e. The second kappa shape index (κ2) is 5.55. The molecule has 1 N–H and O–H groups in total. The van der Waals surface area contributed by atoms with Crippen molar-refractivity contribution in [3.63, 3.8) is 0 Å². The van der Waals surface area contributed by atoms with Gasteiger partial charge in [0.2, 0.25) is 0 Å². The summed E-state index contributed by atoms with van der Waals surface area (Å²) in [6.45, 7) is 2.10. The lowest BCUT2D eigenvalue weighted by molar-refractivity contribution is -0.144. The van der Waals surface area contributed by atoms with Crippen LogP contribution in [0.15, 0.2) is 24.4 Å². The van der Waals surface area contributed by atoms with Crippen molar-refractivity contribution in [1.29, 1.82) is 0 Å². The van der Waals surface area contributed by atoms with Crippen LogP contribution in [0.25, 0.3) is 10.9 Å². The Morgan fingerprint density at radius 2 is 2.24 bits per heavy atom. The molecule has 1 saturated carbocycles. The second-order valence-electron chi connectivity index (χ2n) is 5.14. The highest BCUT2D eigenvalue weighted by atomic mass is 16.5. The number of aromatic nitrogens is 2. The van der Waals surface area contributed by atoms with Crippen molar-refractivity contribution >= 4 is 22.8 Å². The number of hydrogen-bond donors (Lipinski definition) is 1. The van der Waals surface area contributed by atoms with Crippen LogP contribution in [0, 0.1) is 0 Å². The molecule has 0 bridgehead atoms. The maximum Gasteiger partial charge on any atom is 0.325 e. The summed E-state index contributed by atoms with van der Waals surface area (Å²) < 4.78 is 4.95. The standard InChI is InChI=1S/C15H17N3O3/c1-2-21-14(19)9-18(12-4-5-12)15(20)10-3-6-13-11(7-10)8-16-17-13/h3,6-8,12H,2,4-5,9H2,1H3,(H,16,17). The van der Waals surface area contributed by atoms with Crippen molar-refractivity contribution in [3.05, 3.63) is 30.0 Å². The van der Waals surface area contributed by atoms with Gasteiger partial charge >= 0.3 is 5.97 Å². The molecule has 3 rings (SSSR count). The topological polar surface area (TPSA) is 75.3 Å². The van der Waals surface area contributed by atoms with Crippen molar-refractivity contribution in [2.75, 3.05) is 13.2 Å². The van der Waals surface area contributed by atoms with Crippen molar-refractivity contribution in [2.24, 2.45) is 0 Å². The minimum absolute atomic E-state index is 0.0146. The Balaban J connectivity index is 1.81. The first kappa shape index (κ1) is 13.6. The summed E-state index contributed by atoms with van der Waals surface area (Å²) >= 11 is 0. The molecule has 2 aromatic rings. The maximum atomic E-state index is 12.6.